The van der Waals surface area contributed by atoms with Crippen molar-refractivity contribution in [2.24, 2.45) is 5.16 Å². The molecule has 1 aromatic heterocycles. The summed E-state index contributed by atoms with van der Waals surface area (Å²) in [4.78, 5) is 33.7. The van der Waals surface area contributed by atoms with Crippen LogP contribution in [0.5, 0.6) is 0 Å². The van der Waals surface area contributed by atoms with Crippen LogP contribution in [0, 0.1) is 0 Å². The van der Waals surface area contributed by atoms with Gasteiger partial charge >= 0.3 is 11.9 Å². The second-order valence-corrected chi connectivity index (χ2v) is 7.91. The number of carbonyl (C=O) groups is 2. The zero-order valence-corrected chi connectivity index (χ0v) is 17.7. The minimum Gasteiger partial charge on any atom is -0.476 e. The van der Waals surface area contributed by atoms with E-state index in [0.717, 1.165) is 22.5 Å². The fraction of sp³-hybridized carbons (Fsp3) is 0.182. The number of benzene rings is 2. The quantitative estimate of drug-likeness (QED) is 0.312. The highest BCUT2D eigenvalue weighted by molar-refractivity contribution is 7.13. The summed E-state index contributed by atoms with van der Waals surface area (Å²) >= 11 is 1.07. The molecule has 0 aliphatic carbocycles. The van der Waals surface area contributed by atoms with E-state index < -0.39 is 29.4 Å². The van der Waals surface area contributed by atoms with Gasteiger partial charge in [0.15, 0.2) is 11.2 Å². The lowest BCUT2D eigenvalue weighted by Crippen LogP contribution is -2.37. The van der Waals surface area contributed by atoms with Crippen molar-refractivity contribution in [3.63, 3.8) is 0 Å². The van der Waals surface area contributed by atoms with Gasteiger partial charge in [-0.25, -0.2) is 14.6 Å². The van der Waals surface area contributed by atoms with E-state index in [2.05, 4.69) is 10.1 Å². The topological polar surface area (TPSA) is 124 Å². The number of nitrogens with zero attached hydrogens (tertiary/aromatic N) is 2. The summed E-state index contributed by atoms with van der Waals surface area (Å²) in [7, 11) is 0. The van der Waals surface area contributed by atoms with E-state index >= 15 is 0 Å². The van der Waals surface area contributed by atoms with Crippen molar-refractivity contribution in [3.8, 4) is 0 Å². The van der Waals surface area contributed by atoms with Crippen LogP contribution in [0.25, 0.3) is 0 Å². The Bertz CT molecular complexity index is 1040. The Balaban J connectivity index is 1.83. The van der Waals surface area contributed by atoms with Crippen molar-refractivity contribution < 1.29 is 24.3 Å². The molecule has 0 saturated heterocycles. The average Bonchev–Trinajstić information content (AvgIpc) is 3.18. The Morgan fingerprint density at radius 2 is 1.61 bits per heavy atom. The number of nitrogen functional groups attached to an aromatic ring is 1. The lowest BCUT2D eigenvalue weighted by atomic mass is 10.0. The number of nitrogens with two attached hydrogens (primary N) is 1. The number of thiazole rings is 1. The summed E-state index contributed by atoms with van der Waals surface area (Å²) in [5, 5.41) is 14.7. The number of carboxylic acids is 1. The summed E-state index contributed by atoms with van der Waals surface area (Å²) in [6.45, 7) is 2.89. The number of carbonyl (C=O) groups excluding carboxylic acids is 1. The molecule has 3 N–H and O–H groups in total. The summed E-state index contributed by atoms with van der Waals surface area (Å²) < 4.78 is 5.78. The summed E-state index contributed by atoms with van der Waals surface area (Å²) in [6, 6.07) is 18.6. The first-order valence-electron chi connectivity index (χ1n) is 9.30. The highest BCUT2D eigenvalue weighted by atomic mass is 32.1. The number of ether oxygens (including phenoxy) is 1. The predicted octanol–water partition coefficient (Wildman–Crippen LogP) is 3.64. The van der Waals surface area contributed by atoms with Gasteiger partial charge in [-0.1, -0.05) is 65.8 Å². The molecule has 0 amide bonds. The fourth-order valence-corrected chi connectivity index (χ4v) is 3.17. The molecular formula is C22H21N3O5S. The van der Waals surface area contributed by atoms with Crippen LogP contribution in [-0.4, -0.2) is 33.3 Å². The first kappa shape index (κ1) is 22.0. The highest BCUT2D eigenvalue weighted by Crippen LogP contribution is 2.28. The van der Waals surface area contributed by atoms with Crippen molar-refractivity contribution in [2.75, 3.05) is 5.73 Å². The Morgan fingerprint density at radius 1 is 1.06 bits per heavy atom. The van der Waals surface area contributed by atoms with Gasteiger partial charge in [-0.05, 0) is 25.0 Å². The molecule has 8 nitrogen and oxygen atoms in total. The van der Waals surface area contributed by atoms with Crippen molar-refractivity contribution in [1.82, 2.24) is 4.98 Å². The molecule has 0 aliphatic rings. The van der Waals surface area contributed by atoms with Crippen LogP contribution in [0.15, 0.2) is 71.2 Å². The van der Waals surface area contributed by atoms with Crippen LogP contribution in [0.1, 0.15) is 36.8 Å². The Morgan fingerprint density at radius 3 is 2.06 bits per heavy atom. The number of aromatic nitrogens is 1. The first-order valence-corrected chi connectivity index (χ1v) is 10.2. The van der Waals surface area contributed by atoms with Gasteiger partial charge in [0.25, 0.3) is 0 Å². The number of aliphatic carboxylic acids is 1. The minimum absolute atomic E-state index is 0.0469. The third kappa shape index (κ3) is 5.46. The maximum absolute atomic E-state index is 12.9. The third-order valence-electron chi connectivity index (χ3n) is 4.25. The summed E-state index contributed by atoms with van der Waals surface area (Å²) in [6.07, 6.45) is -0.668. The number of hydrogen-bond acceptors (Lipinski definition) is 8. The molecule has 2 aromatic carbocycles. The zero-order chi connectivity index (χ0) is 22.4. The van der Waals surface area contributed by atoms with Gasteiger partial charge in [0.05, 0.1) is 0 Å². The molecule has 0 bridgehead atoms. The second-order valence-electron chi connectivity index (χ2n) is 7.02. The number of hydrogen-bond donors (Lipinski definition) is 2. The SMILES string of the molecule is CC(C)(ON=C(C(=O)O)c1csc(N)n1)C(=O)OC(c1ccccc1)c1ccccc1. The summed E-state index contributed by atoms with van der Waals surface area (Å²) in [5.41, 5.74) is 5.14. The van der Waals surface area contributed by atoms with Gasteiger partial charge < -0.3 is 20.4 Å². The molecule has 0 fully saturated rings. The van der Waals surface area contributed by atoms with Crippen molar-refractivity contribution in [3.05, 3.63) is 82.9 Å². The molecule has 31 heavy (non-hydrogen) atoms. The molecule has 0 spiro atoms. The monoisotopic (exact) mass is 439 g/mol. The number of carboxylic acid groups (broad SMARTS) is 1. The van der Waals surface area contributed by atoms with E-state index in [1.807, 2.05) is 60.7 Å². The molecular weight excluding hydrogens is 418 g/mol. The lowest BCUT2D eigenvalue weighted by molar-refractivity contribution is -0.172. The standard InChI is InChI=1S/C22H21N3O5S/c1-22(2,30-25-17(19(26)27)16-13-31-21(23)24-16)20(28)29-18(14-9-5-3-6-10-14)15-11-7-4-8-12-15/h3-13,18H,1-2H3,(H2,23,24)(H,26,27). The maximum Gasteiger partial charge on any atom is 0.360 e. The highest BCUT2D eigenvalue weighted by Gasteiger charge is 2.36. The van der Waals surface area contributed by atoms with E-state index in [0.29, 0.717) is 0 Å². The zero-order valence-electron chi connectivity index (χ0n) is 16.9. The average molecular weight is 439 g/mol. The predicted molar refractivity (Wildman–Crippen MR) is 117 cm³/mol. The molecule has 3 rings (SSSR count). The third-order valence-corrected chi connectivity index (χ3v) is 4.93. The molecule has 0 unspecified atom stereocenters. The summed E-state index contributed by atoms with van der Waals surface area (Å²) in [5.74, 6) is -2.07. The van der Waals surface area contributed by atoms with Crippen LogP contribution in [0.3, 0.4) is 0 Å². The number of rotatable bonds is 8. The van der Waals surface area contributed by atoms with Gasteiger partial charge in [0.2, 0.25) is 11.3 Å². The van der Waals surface area contributed by atoms with Crippen molar-refractivity contribution in [2.45, 2.75) is 25.6 Å². The Hall–Kier alpha value is -3.72. The lowest BCUT2D eigenvalue weighted by Gasteiger charge is -2.25. The van der Waals surface area contributed by atoms with E-state index in [-0.39, 0.29) is 10.8 Å². The van der Waals surface area contributed by atoms with Gasteiger partial charge in [0.1, 0.15) is 5.69 Å². The van der Waals surface area contributed by atoms with E-state index in [4.69, 9.17) is 15.3 Å². The molecule has 0 radical (unpaired) electrons. The van der Waals surface area contributed by atoms with Gasteiger partial charge in [0, 0.05) is 5.38 Å². The van der Waals surface area contributed by atoms with Gasteiger partial charge in [-0.2, -0.15) is 0 Å². The van der Waals surface area contributed by atoms with Crippen LogP contribution in [0.4, 0.5) is 5.13 Å². The maximum atomic E-state index is 12.9. The van der Waals surface area contributed by atoms with Crippen LogP contribution >= 0.6 is 11.3 Å². The van der Waals surface area contributed by atoms with Gasteiger partial charge in [-0.3, -0.25) is 0 Å². The van der Waals surface area contributed by atoms with E-state index in [9.17, 15) is 14.7 Å². The van der Waals surface area contributed by atoms with Crippen LogP contribution < -0.4 is 5.73 Å². The number of anilines is 1. The molecule has 9 heteroatoms. The molecule has 0 atom stereocenters. The molecule has 0 saturated carbocycles. The number of esters is 1. The van der Waals surface area contributed by atoms with Gasteiger partial charge in [-0.15, -0.1) is 11.3 Å². The second kappa shape index (κ2) is 9.40. The van der Waals surface area contributed by atoms with Crippen LogP contribution in [0.2, 0.25) is 0 Å². The molecule has 1 heterocycles. The Kier molecular flexibility index (Phi) is 6.66. The molecule has 160 valence electrons. The molecule has 3 aromatic rings. The minimum atomic E-state index is -1.57. The number of oxime groups is 1. The van der Waals surface area contributed by atoms with Crippen molar-refractivity contribution >= 4 is 34.1 Å². The first-order chi connectivity index (χ1) is 14.8. The largest absolute Gasteiger partial charge is 0.476 e. The van der Waals surface area contributed by atoms with Crippen molar-refractivity contribution in [1.29, 1.82) is 0 Å². The van der Waals surface area contributed by atoms with Crippen LogP contribution in [-0.2, 0) is 19.2 Å². The van der Waals surface area contributed by atoms with E-state index in [1.54, 1.807) is 0 Å². The normalized spacial score (nSPS) is 11.9. The van der Waals surface area contributed by atoms with E-state index in [1.165, 1.54) is 19.2 Å². The molecule has 0 aliphatic heterocycles. The fourth-order valence-electron chi connectivity index (χ4n) is 2.62. The Labute approximate surface area is 182 Å². The smallest absolute Gasteiger partial charge is 0.360 e.